The van der Waals surface area contributed by atoms with Crippen LogP contribution >= 0.6 is 0 Å². The largest absolute Gasteiger partial charge is 0.490 e. The van der Waals surface area contributed by atoms with Crippen molar-refractivity contribution in [1.82, 2.24) is 15.5 Å². The van der Waals surface area contributed by atoms with Gasteiger partial charge in [-0.25, -0.2) is 0 Å². The first-order valence-corrected chi connectivity index (χ1v) is 8.37. The fraction of sp³-hybridized carbons (Fsp3) is 0.556. The smallest absolute Gasteiger partial charge is 0.231 e. The van der Waals surface area contributed by atoms with Crippen molar-refractivity contribution in [3.05, 3.63) is 29.2 Å². The van der Waals surface area contributed by atoms with Crippen molar-refractivity contribution in [3.63, 3.8) is 0 Å². The maximum absolute atomic E-state index is 5.89. The van der Waals surface area contributed by atoms with E-state index < -0.39 is 0 Å². The second kappa shape index (κ2) is 6.71. The molecule has 0 radical (unpaired) electrons. The van der Waals surface area contributed by atoms with Gasteiger partial charge in [0.25, 0.3) is 0 Å². The van der Waals surface area contributed by atoms with E-state index in [0.717, 1.165) is 54.3 Å². The first-order valence-electron chi connectivity index (χ1n) is 8.37. The summed E-state index contributed by atoms with van der Waals surface area (Å²) in [5, 5.41) is 7.56. The van der Waals surface area contributed by atoms with E-state index in [9.17, 15) is 0 Å². The van der Waals surface area contributed by atoms with Gasteiger partial charge in [0.05, 0.1) is 12.0 Å². The molecular weight excluding hydrogens is 290 g/mol. The number of hydrogen-bond acceptors (Lipinski definition) is 5. The Hall–Kier alpha value is -1.88. The molecule has 0 bridgehead atoms. The van der Waals surface area contributed by atoms with Crippen molar-refractivity contribution in [2.24, 2.45) is 0 Å². The van der Waals surface area contributed by atoms with Crippen molar-refractivity contribution in [2.75, 3.05) is 13.1 Å². The fourth-order valence-corrected chi connectivity index (χ4v) is 3.08. The molecule has 1 saturated heterocycles. The number of piperidine rings is 1. The Bertz CT molecular complexity index is 650. The summed E-state index contributed by atoms with van der Waals surface area (Å²) in [5.41, 5.74) is 3.17. The maximum Gasteiger partial charge on any atom is 0.231 e. The molecule has 5 nitrogen and oxygen atoms in total. The van der Waals surface area contributed by atoms with Crippen LogP contribution in [0.2, 0.25) is 0 Å². The summed E-state index contributed by atoms with van der Waals surface area (Å²) in [7, 11) is 0. The Morgan fingerprint density at radius 3 is 2.61 bits per heavy atom. The van der Waals surface area contributed by atoms with Gasteiger partial charge < -0.3 is 14.6 Å². The molecule has 1 atom stereocenters. The third kappa shape index (κ3) is 3.55. The molecule has 1 aromatic carbocycles. The normalized spacial score (nSPS) is 18.4. The van der Waals surface area contributed by atoms with Gasteiger partial charge >= 0.3 is 0 Å². The van der Waals surface area contributed by atoms with Gasteiger partial charge in [-0.05, 0) is 70.3 Å². The molecule has 1 N–H and O–H groups in total. The monoisotopic (exact) mass is 315 g/mol. The van der Waals surface area contributed by atoms with Crippen LogP contribution < -0.4 is 10.1 Å². The summed E-state index contributed by atoms with van der Waals surface area (Å²) in [6.45, 7) is 10.2. The lowest BCUT2D eigenvalue weighted by molar-refractivity contribution is 0.239. The van der Waals surface area contributed by atoms with E-state index in [1.165, 1.54) is 0 Å². The highest BCUT2D eigenvalue weighted by Gasteiger charge is 2.22. The van der Waals surface area contributed by atoms with Gasteiger partial charge in [0, 0.05) is 12.1 Å². The second-order valence-corrected chi connectivity index (χ2v) is 6.61. The SMILES string of the molecule is Cc1cc(-c2noc([C@@H]3CCCNC3)n2)cc(C)c1OC(C)C. The second-order valence-electron chi connectivity index (χ2n) is 6.61. The number of nitrogens with zero attached hydrogens (tertiary/aromatic N) is 2. The van der Waals surface area contributed by atoms with Crippen molar-refractivity contribution in [2.45, 2.75) is 52.6 Å². The van der Waals surface area contributed by atoms with E-state index in [0.29, 0.717) is 11.7 Å². The number of aryl methyl sites for hydroxylation is 2. The average molecular weight is 315 g/mol. The van der Waals surface area contributed by atoms with Gasteiger partial charge in [0.2, 0.25) is 11.7 Å². The highest BCUT2D eigenvalue weighted by Crippen LogP contribution is 2.31. The quantitative estimate of drug-likeness (QED) is 0.934. The van der Waals surface area contributed by atoms with Crippen LogP contribution in [-0.4, -0.2) is 29.3 Å². The lowest BCUT2D eigenvalue weighted by Crippen LogP contribution is -2.28. The van der Waals surface area contributed by atoms with Gasteiger partial charge in [0.15, 0.2) is 0 Å². The molecule has 0 spiro atoms. The summed E-state index contributed by atoms with van der Waals surface area (Å²) in [4.78, 5) is 4.62. The van der Waals surface area contributed by atoms with E-state index in [1.54, 1.807) is 0 Å². The zero-order chi connectivity index (χ0) is 16.4. The molecule has 1 fully saturated rings. The Kier molecular flexibility index (Phi) is 4.66. The third-order valence-electron chi connectivity index (χ3n) is 4.16. The van der Waals surface area contributed by atoms with Crippen molar-refractivity contribution < 1.29 is 9.26 Å². The number of nitrogens with one attached hydrogen (secondary N) is 1. The molecule has 1 aliphatic rings. The Morgan fingerprint density at radius 1 is 1.26 bits per heavy atom. The van der Waals surface area contributed by atoms with Crippen LogP contribution in [-0.2, 0) is 0 Å². The van der Waals surface area contributed by atoms with Gasteiger partial charge in [-0.1, -0.05) is 5.16 Å². The van der Waals surface area contributed by atoms with E-state index in [1.807, 2.05) is 13.8 Å². The molecular formula is C18H25N3O2. The van der Waals surface area contributed by atoms with Crippen LogP contribution in [0.4, 0.5) is 0 Å². The summed E-state index contributed by atoms with van der Waals surface area (Å²) in [6, 6.07) is 4.14. The average Bonchev–Trinajstić information content (AvgIpc) is 3.01. The minimum absolute atomic E-state index is 0.161. The minimum atomic E-state index is 0.161. The summed E-state index contributed by atoms with van der Waals surface area (Å²) < 4.78 is 11.4. The molecule has 124 valence electrons. The fourth-order valence-electron chi connectivity index (χ4n) is 3.08. The van der Waals surface area contributed by atoms with Crippen LogP contribution in [0.25, 0.3) is 11.4 Å². The Morgan fingerprint density at radius 2 is 2.00 bits per heavy atom. The standard InChI is InChI=1S/C18H25N3O2/c1-11(2)22-16-12(3)8-15(9-13(16)4)17-20-18(23-21-17)14-6-5-7-19-10-14/h8-9,11,14,19H,5-7,10H2,1-4H3/t14-/m1/s1. The molecule has 0 amide bonds. The lowest BCUT2D eigenvalue weighted by Gasteiger charge is -2.18. The predicted octanol–water partition coefficient (Wildman–Crippen LogP) is 3.61. The van der Waals surface area contributed by atoms with E-state index in [2.05, 4.69) is 41.4 Å². The van der Waals surface area contributed by atoms with Crippen LogP contribution in [0.1, 0.15) is 49.6 Å². The van der Waals surface area contributed by atoms with E-state index in [-0.39, 0.29) is 6.10 Å². The molecule has 23 heavy (non-hydrogen) atoms. The molecule has 0 saturated carbocycles. The van der Waals surface area contributed by atoms with Crippen LogP contribution in [0.3, 0.4) is 0 Å². The van der Waals surface area contributed by atoms with Gasteiger partial charge in [0.1, 0.15) is 5.75 Å². The molecule has 1 aromatic heterocycles. The van der Waals surface area contributed by atoms with Crippen molar-refractivity contribution in [1.29, 1.82) is 0 Å². The first kappa shape index (κ1) is 16.0. The number of benzene rings is 1. The summed E-state index contributed by atoms with van der Waals surface area (Å²) in [6.07, 6.45) is 2.42. The predicted molar refractivity (Wildman–Crippen MR) is 89.8 cm³/mol. The molecule has 0 unspecified atom stereocenters. The van der Waals surface area contributed by atoms with Crippen LogP contribution in [0.15, 0.2) is 16.7 Å². The molecule has 5 heteroatoms. The van der Waals surface area contributed by atoms with Gasteiger partial charge in [-0.2, -0.15) is 4.98 Å². The number of hydrogen-bond donors (Lipinski definition) is 1. The zero-order valence-electron chi connectivity index (χ0n) is 14.3. The molecule has 2 aromatic rings. The van der Waals surface area contributed by atoms with Gasteiger partial charge in [-0.3, -0.25) is 0 Å². The Balaban J connectivity index is 1.86. The topological polar surface area (TPSA) is 60.2 Å². The van der Waals surface area contributed by atoms with Crippen molar-refractivity contribution in [3.8, 4) is 17.1 Å². The molecule has 3 rings (SSSR count). The van der Waals surface area contributed by atoms with E-state index in [4.69, 9.17) is 9.26 Å². The minimum Gasteiger partial charge on any atom is -0.490 e. The third-order valence-corrected chi connectivity index (χ3v) is 4.16. The maximum atomic E-state index is 5.89. The highest BCUT2D eigenvalue weighted by molar-refractivity contribution is 5.61. The first-order chi connectivity index (χ1) is 11.0. The molecule has 1 aliphatic heterocycles. The summed E-state index contributed by atoms with van der Waals surface area (Å²) in [5.74, 6) is 2.68. The van der Waals surface area contributed by atoms with Crippen LogP contribution in [0.5, 0.6) is 5.75 Å². The van der Waals surface area contributed by atoms with Crippen LogP contribution in [0, 0.1) is 13.8 Å². The molecule has 0 aliphatic carbocycles. The Labute approximate surface area is 137 Å². The number of ether oxygens (including phenoxy) is 1. The highest BCUT2D eigenvalue weighted by atomic mass is 16.5. The summed E-state index contributed by atoms with van der Waals surface area (Å²) >= 11 is 0. The number of aromatic nitrogens is 2. The van der Waals surface area contributed by atoms with E-state index >= 15 is 0 Å². The van der Waals surface area contributed by atoms with Crippen molar-refractivity contribution >= 4 is 0 Å². The number of rotatable bonds is 4. The molecule has 2 heterocycles. The van der Waals surface area contributed by atoms with Gasteiger partial charge in [-0.15, -0.1) is 0 Å². The zero-order valence-corrected chi connectivity index (χ0v) is 14.3. The lowest BCUT2D eigenvalue weighted by atomic mass is 10.00.